The molecule has 0 heterocycles. The fourth-order valence-corrected chi connectivity index (χ4v) is 2.36. The van der Waals surface area contributed by atoms with Crippen molar-refractivity contribution in [1.82, 2.24) is 5.32 Å². The number of aliphatic carboxylic acids is 1. The Labute approximate surface area is 128 Å². The molecule has 0 bridgehead atoms. The highest BCUT2D eigenvalue weighted by atomic mass is 79.9. The number of carboxylic acid groups (broad SMARTS) is 1. The van der Waals surface area contributed by atoms with Crippen molar-refractivity contribution in [2.24, 2.45) is 5.92 Å². The summed E-state index contributed by atoms with van der Waals surface area (Å²) in [5.41, 5.74) is 0.406. The van der Waals surface area contributed by atoms with Gasteiger partial charge in [0, 0.05) is 8.95 Å². The van der Waals surface area contributed by atoms with Gasteiger partial charge in [-0.2, -0.15) is 0 Å². The van der Waals surface area contributed by atoms with E-state index < -0.39 is 17.9 Å². The second-order valence-electron chi connectivity index (χ2n) is 4.30. The van der Waals surface area contributed by atoms with Crippen molar-refractivity contribution >= 4 is 43.7 Å². The molecule has 1 amide bonds. The molecule has 19 heavy (non-hydrogen) atoms. The van der Waals surface area contributed by atoms with Gasteiger partial charge in [-0.15, -0.1) is 0 Å². The minimum Gasteiger partial charge on any atom is -0.480 e. The number of carbonyl (C=O) groups is 2. The van der Waals surface area contributed by atoms with Gasteiger partial charge >= 0.3 is 5.97 Å². The van der Waals surface area contributed by atoms with Gasteiger partial charge in [0.05, 0.1) is 5.56 Å². The molecule has 104 valence electrons. The maximum Gasteiger partial charge on any atom is 0.326 e. The lowest BCUT2D eigenvalue weighted by Crippen LogP contribution is -2.45. The van der Waals surface area contributed by atoms with Gasteiger partial charge in [0.25, 0.3) is 5.91 Å². The number of amides is 1. The monoisotopic (exact) mass is 391 g/mol. The highest BCUT2D eigenvalue weighted by Gasteiger charge is 2.26. The van der Waals surface area contributed by atoms with E-state index in [4.69, 9.17) is 5.11 Å². The summed E-state index contributed by atoms with van der Waals surface area (Å²) in [6, 6.07) is 4.29. The molecule has 1 aromatic rings. The summed E-state index contributed by atoms with van der Waals surface area (Å²) >= 11 is 6.57. The first-order chi connectivity index (χ1) is 8.86. The number of hydrogen-bond acceptors (Lipinski definition) is 2. The van der Waals surface area contributed by atoms with Crippen LogP contribution in [-0.2, 0) is 4.79 Å². The van der Waals surface area contributed by atoms with E-state index in [1.165, 1.54) is 0 Å². The summed E-state index contributed by atoms with van der Waals surface area (Å²) in [6.07, 6.45) is 0.677. The molecule has 0 radical (unpaired) electrons. The zero-order chi connectivity index (χ0) is 14.6. The number of hydrogen-bond donors (Lipinski definition) is 2. The second-order valence-corrected chi connectivity index (χ2v) is 6.07. The van der Waals surface area contributed by atoms with Gasteiger partial charge in [0.1, 0.15) is 6.04 Å². The molecule has 1 rings (SSSR count). The van der Waals surface area contributed by atoms with Gasteiger partial charge in [-0.1, -0.05) is 36.2 Å². The van der Waals surface area contributed by atoms with Gasteiger partial charge in [-0.3, -0.25) is 4.79 Å². The Hall–Kier alpha value is -0.880. The predicted octanol–water partition coefficient (Wildman–Crippen LogP) is 3.44. The van der Waals surface area contributed by atoms with Gasteiger partial charge in [0.15, 0.2) is 0 Å². The molecule has 1 unspecified atom stereocenters. The maximum absolute atomic E-state index is 12.1. The van der Waals surface area contributed by atoms with Crippen LogP contribution < -0.4 is 5.32 Å². The van der Waals surface area contributed by atoms with Crippen LogP contribution in [0.1, 0.15) is 30.6 Å². The third kappa shape index (κ3) is 4.31. The SMILES string of the molecule is CCC(C)[C@H](NC(=O)c1cc(Br)ccc1Br)C(=O)O. The molecule has 0 aliphatic heterocycles. The van der Waals surface area contributed by atoms with E-state index in [0.717, 1.165) is 4.47 Å². The summed E-state index contributed by atoms with van der Waals surface area (Å²) in [5, 5.41) is 11.7. The van der Waals surface area contributed by atoms with Crippen LogP contribution >= 0.6 is 31.9 Å². The van der Waals surface area contributed by atoms with Crippen LogP contribution in [-0.4, -0.2) is 23.0 Å². The lowest BCUT2D eigenvalue weighted by atomic mass is 9.99. The van der Waals surface area contributed by atoms with Crippen LogP contribution in [0.2, 0.25) is 0 Å². The van der Waals surface area contributed by atoms with Crippen LogP contribution in [0.15, 0.2) is 27.1 Å². The third-order valence-corrected chi connectivity index (χ3v) is 4.12. The van der Waals surface area contributed by atoms with Crippen molar-refractivity contribution in [3.63, 3.8) is 0 Å². The van der Waals surface area contributed by atoms with E-state index in [9.17, 15) is 9.59 Å². The first-order valence-electron chi connectivity index (χ1n) is 5.85. The standard InChI is InChI=1S/C13H15Br2NO3/c1-3-7(2)11(13(18)19)16-12(17)9-6-8(14)4-5-10(9)15/h4-7,11H,3H2,1-2H3,(H,16,17)(H,18,19)/t7?,11-/m0/s1. The normalized spacial score (nSPS) is 13.7. The molecule has 0 aliphatic carbocycles. The molecule has 0 aliphatic rings. The molecule has 1 aromatic carbocycles. The summed E-state index contributed by atoms with van der Waals surface area (Å²) in [7, 11) is 0. The van der Waals surface area contributed by atoms with Crippen LogP contribution in [0, 0.1) is 5.92 Å². The predicted molar refractivity (Wildman–Crippen MR) is 80.2 cm³/mol. The fourth-order valence-electron chi connectivity index (χ4n) is 1.57. The summed E-state index contributed by atoms with van der Waals surface area (Å²) in [4.78, 5) is 23.3. The second kappa shape index (κ2) is 7.05. The average Bonchev–Trinajstić information content (AvgIpc) is 2.37. The van der Waals surface area contributed by atoms with Gasteiger partial charge in [0.2, 0.25) is 0 Å². The number of carbonyl (C=O) groups excluding carboxylic acids is 1. The smallest absolute Gasteiger partial charge is 0.326 e. The zero-order valence-electron chi connectivity index (χ0n) is 10.6. The molecule has 2 N–H and O–H groups in total. The van der Waals surface area contributed by atoms with Crippen molar-refractivity contribution < 1.29 is 14.7 Å². The van der Waals surface area contributed by atoms with Gasteiger partial charge in [-0.05, 0) is 40.0 Å². The van der Waals surface area contributed by atoms with Crippen molar-refractivity contribution in [1.29, 1.82) is 0 Å². The van der Waals surface area contributed by atoms with Crippen molar-refractivity contribution in [2.45, 2.75) is 26.3 Å². The number of nitrogens with one attached hydrogen (secondary N) is 1. The maximum atomic E-state index is 12.1. The zero-order valence-corrected chi connectivity index (χ0v) is 13.8. The fraction of sp³-hybridized carbons (Fsp3) is 0.385. The Kier molecular flexibility index (Phi) is 6.00. The molecule has 6 heteroatoms. The van der Waals surface area contributed by atoms with Gasteiger partial charge < -0.3 is 10.4 Å². The molecule has 4 nitrogen and oxygen atoms in total. The lowest BCUT2D eigenvalue weighted by molar-refractivity contribution is -0.140. The third-order valence-electron chi connectivity index (χ3n) is 2.94. The number of carboxylic acids is 1. The van der Waals surface area contributed by atoms with E-state index in [0.29, 0.717) is 16.5 Å². The summed E-state index contributed by atoms with van der Waals surface area (Å²) in [6.45, 7) is 3.69. The molecular formula is C13H15Br2NO3. The quantitative estimate of drug-likeness (QED) is 0.806. The van der Waals surface area contributed by atoms with Gasteiger partial charge in [-0.25, -0.2) is 4.79 Å². The molecule has 0 aromatic heterocycles. The Balaban J connectivity index is 2.94. The number of benzene rings is 1. The van der Waals surface area contributed by atoms with E-state index in [1.54, 1.807) is 25.1 Å². The topological polar surface area (TPSA) is 66.4 Å². The van der Waals surface area contributed by atoms with Crippen molar-refractivity contribution in [2.75, 3.05) is 0 Å². The summed E-state index contributed by atoms with van der Waals surface area (Å²) in [5.74, 6) is -1.55. The number of halogens is 2. The highest BCUT2D eigenvalue weighted by Crippen LogP contribution is 2.22. The van der Waals surface area contributed by atoms with Crippen molar-refractivity contribution in [3.05, 3.63) is 32.7 Å². The van der Waals surface area contributed by atoms with Crippen molar-refractivity contribution in [3.8, 4) is 0 Å². The van der Waals surface area contributed by atoms with E-state index in [2.05, 4.69) is 37.2 Å². The highest BCUT2D eigenvalue weighted by molar-refractivity contribution is 9.11. The molecule has 0 fully saturated rings. The van der Waals surface area contributed by atoms with E-state index in [-0.39, 0.29) is 5.92 Å². The van der Waals surface area contributed by atoms with Crippen LogP contribution in [0.5, 0.6) is 0 Å². The minimum atomic E-state index is -1.02. The van der Waals surface area contributed by atoms with E-state index >= 15 is 0 Å². The first kappa shape index (κ1) is 16.2. The Morgan fingerprint density at radius 2 is 2.00 bits per heavy atom. The Morgan fingerprint density at radius 3 is 2.53 bits per heavy atom. The molecule has 0 saturated heterocycles. The molecular weight excluding hydrogens is 378 g/mol. The Bertz CT molecular complexity index is 491. The van der Waals surface area contributed by atoms with Crippen LogP contribution in [0.4, 0.5) is 0 Å². The Morgan fingerprint density at radius 1 is 1.37 bits per heavy atom. The van der Waals surface area contributed by atoms with Crippen LogP contribution in [0.3, 0.4) is 0 Å². The largest absolute Gasteiger partial charge is 0.480 e. The van der Waals surface area contributed by atoms with E-state index in [1.807, 2.05) is 6.92 Å². The summed E-state index contributed by atoms with van der Waals surface area (Å²) < 4.78 is 1.39. The molecule has 2 atom stereocenters. The van der Waals surface area contributed by atoms with Crippen LogP contribution in [0.25, 0.3) is 0 Å². The minimum absolute atomic E-state index is 0.132. The molecule has 0 saturated carbocycles. The number of rotatable bonds is 5. The first-order valence-corrected chi connectivity index (χ1v) is 7.44. The lowest BCUT2D eigenvalue weighted by Gasteiger charge is -2.20. The average molecular weight is 393 g/mol. The molecule has 0 spiro atoms.